The van der Waals surface area contributed by atoms with Crippen molar-refractivity contribution in [3.05, 3.63) is 54.1 Å². The van der Waals surface area contributed by atoms with E-state index in [-0.39, 0.29) is 6.04 Å². The molecule has 2 aromatic carbocycles. The van der Waals surface area contributed by atoms with E-state index in [2.05, 4.69) is 6.92 Å². The van der Waals surface area contributed by atoms with Gasteiger partial charge in [0, 0.05) is 6.04 Å². The van der Waals surface area contributed by atoms with Crippen LogP contribution in [-0.2, 0) is 0 Å². The predicted octanol–water partition coefficient (Wildman–Crippen LogP) is 4.29. The van der Waals surface area contributed by atoms with E-state index in [0.29, 0.717) is 6.61 Å². The largest absolute Gasteiger partial charge is 0.490 e. The third-order valence-corrected chi connectivity index (χ3v) is 2.94. The van der Waals surface area contributed by atoms with E-state index in [1.165, 1.54) is 0 Å². The van der Waals surface area contributed by atoms with Crippen LogP contribution >= 0.6 is 0 Å². The van der Waals surface area contributed by atoms with Crippen molar-refractivity contribution in [2.75, 3.05) is 6.61 Å². The topological polar surface area (TPSA) is 44.5 Å². The number of nitrogens with two attached hydrogens (primary N) is 1. The zero-order valence-corrected chi connectivity index (χ0v) is 12.0. The van der Waals surface area contributed by atoms with E-state index in [0.717, 1.165) is 29.2 Å². The normalized spacial score (nSPS) is 11.9. The Labute approximate surface area is 120 Å². The van der Waals surface area contributed by atoms with Crippen molar-refractivity contribution in [1.29, 1.82) is 0 Å². The Bertz CT molecular complexity index is 535. The summed E-state index contributed by atoms with van der Waals surface area (Å²) in [6.07, 6.45) is 0.970. The summed E-state index contributed by atoms with van der Waals surface area (Å²) >= 11 is 0. The third kappa shape index (κ3) is 3.75. The van der Waals surface area contributed by atoms with Gasteiger partial charge in [-0.3, -0.25) is 0 Å². The first-order chi connectivity index (χ1) is 9.70. The second kappa shape index (κ2) is 6.96. The molecule has 2 N–H and O–H groups in total. The van der Waals surface area contributed by atoms with Crippen molar-refractivity contribution >= 4 is 0 Å². The monoisotopic (exact) mass is 271 g/mol. The molecule has 0 aliphatic heterocycles. The van der Waals surface area contributed by atoms with E-state index < -0.39 is 0 Å². The van der Waals surface area contributed by atoms with E-state index in [1.54, 1.807) is 0 Å². The van der Waals surface area contributed by atoms with Crippen LogP contribution in [-0.4, -0.2) is 6.61 Å². The fourth-order valence-electron chi connectivity index (χ4n) is 1.83. The average Bonchev–Trinajstić information content (AvgIpc) is 2.47. The van der Waals surface area contributed by atoms with Gasteiger partial charge in [0.25, 0.3) is 0 Å². The molecule has 0 heterocycles. The van der Waals surface area contributed by atoms with E-state index in [1.807, 2.05) is 55.5 Å². The van der Waals surface area contributed by atoms with Gasteiger partial charge in [0.1, 0.15) is 5.75 Å². The van der Waals surface area contributed by atoms with Gasteiger partial charge in [-0.05, 0) is 43.2 Å². The van der Waals surface area contributed by atoms with Crippen LogP contribution in [0.5, 0.6) is 17.2 Å². The third-order valence-electron chi connectivity index (χ3n) is 2.94. The summed E-state index contributed by atoms with van der Waals surface area (Å²) in [5, 5.41) is 0. The van der Waals surface area contributed by atoms with Gasteiger partial charge in [-0.25, -0.2) is 0 Å². The van der Waals surface area contributed by atoms with Crippen molar-refractivity contribution in [2.24, 2.45) is 5.73 Å². The van der Waals surface area contributed by atoms with Gasteiger partial charge < -0.3 is 15.2 Å². The zero-order chi connectivity index (χ0) is 14.4. The van der Waals surface area contributed by atoms with Crippen LogP contribution in [0.15, 0.2) is 48.5 Å². The highest BCUT2D eigenvalue weighted by Gasteiger charge is 2.06. The molecule has 0 bridgehead atoms. The number of benzene rings is 2. The SMILES string of the molecule is CCCOc1ccccc1Oc1ccc(C(C)N)cc1. The van der Waals surface area contributed by atoms with Crippen LogP contribution in [0.1, 0.15) is 31.9 Å². The molecule has 106 valence electrons. The first kappa shape index (κ1) is 14.4. The Morgan fingerprint density at radius 3 is 2.25 bits per heavy atom. The van der Waals surface area contributed by atoms with Crippen molar-refractivity contribution in [3.63, 3.8) is 0 Å². The smallest absolute Gasteiger partial charge is 0.169 e. The Hall–Kier alpha value is -2.00. The van der Waals surface area contributed by atoms with Gasteiger partial charge >= 0.3 is 0 Å². The van der Waals surface area contributed by atoms with Crippen LogP contribution in [0.4, 0.5) is 0 Å². The fourth-order valence-corrected chi connectivity index (χ4v) is 1.83. The number of hydrogen-bond acceptors (Lipinski definition) is 3. The first-order valence-corrected chi connectivity index (χ1v) is 6.96. The van der Waals surface area contributed by atoms with Crippen LogP contribution in [0.2, 0.25) is 0 Å². The van der Waals surface area contributed by atoms with Crippen molar-refractivity contribution < 1.29 is 9.47 Å². The van der Waals surface area contributed by atoms with Crippen molar-refractivity contribution in [3.8, 4) is 17.2 Å². The first-order valence-electron chi connectivity index (χ1n) is 6.96. The van der Waals surface area contributed by atoms with Gasteiger partial charge in [-0.15, -0.1) is 0 Å². The Morgan fingerprint density at radius 1 is 1.00 bits per heavy atom. The average molecular weight is 271 g/mol. The molecule has 0 aliphatic carbocycles. The quantitative estimate of drug-likeness (QED) is 0.852. The van der Waals surface area contributed by atoms with Gasteiger partial charge in [0.15, 0.2) is 11.5 Å². The predicted molar refractivity (Wildman–Crippen MR) is 81.3 cm³/mol. The lowest BCUT2D eigenvalue weighted by molar-refractivity contribution is 0.302. The fraction of sp³-hybridized carbons (Fsp3) is 0.294. The molecule has 0 saturated heterocycles. The minimum absolute atomic E-state index is 0.0317. The molecule has 3 nitrogen and oxygen atoms in total. The highest BCUT2D eigenvalue weighted by molar-refractivity contribution is 5.43. The highest BCUT2D eigenvalue weighted by Crippen LogP contribution is 2.31. The van der Waals surface area contributed by atoms with Crippen LogP contribution in [0.3, 0.4) is 0 Å². The number of rotatable bonds is 6. The molecule has 3 heteroatoms. The van der Waals surface area contributed by atoms with Gasteiger partial charge in [-0.2, -0.15) is 0 Å². The standard InChI is InChI=1S/C17H21NO2/c1-3-12-19-16-6-4-5-7-17(16)20-15-10-8-14(9-11-15)13(2)18/h4-11,13H,3,12,18H2,1-2H3. The highest BCUT2D eigenvalue weighted by atomic mass is 16.5. The van der Waals surface area contributed by atoms with E-state index in [9.17, 15) is 0 Å². The lowest BCUT2D eigenvalue weighted by atomic mass is 10.1. The number of para-hydroxylation sites is 2. The number of ether oxygens (including phenoxy) is 2. The second-order valence-electron chi connectivity index (χ2n) is 4.75. The van der Waals surface area contributed by atoms with E-state index >= 15 is 0 Å². The maximum atomic E-state index is 5.88. The molecule has 0 amide bonds. The molecule has 0 radical (unpaired) electrons. The summed E-state index contributed by atoms with van der Waals surface area (Å²) in [4.78, 5) is 0. The van der Waals surface area contributed by atoms with Crippen molar-refractivity contribution in [1.82, 2.24) is 0 Å². The Morgan fingerprint density at radius 2 is 1.65 bits per heavy atom. The summed E-state index contributed by atoms with van der Waals surface area (Å²) in [5.41, 5.74) is 6.93. The molecule has 2 aromatic rings. The summed E-state index contributed by atoms with van der Waals surface area (Å²) < 4.78 is 11.6. The number of hydrogen-bond donors (Lipinski definition) is 1. The molecule has 20 heavy (non-hydrogen) atoms. The molecule has 1 atom stereocenters. The maximum absolute atomic E-state index is 5.88. The molecular formula is C17H21NO2. The summed E-state index contributed by atoms with van der Waals surface area (Å²) in [6, 6.07) is 15.5. The van der Waals surface area contributed by atoms with Crippen LogP contribution in [0.25, 0.3) is 0 Å². The molecular weight excluding hydrogens is 250 g/mol. The van der Waals surface area contributed by atoms with Gasteiger partial charge in [0.2, 0.25) is 0 Å². The lowest BCUT2D eigenvalue weighted by Crippen LogP contribution is -2.04. The van der Waals surface area contributed by atoms with E-state index in [4.69, 9.17) is 15.2 Å². The second-order valence-corrected chi connectivity index (χ2v) is 4.75. The van der Waals surface area contributed by atoms with Crippen molar-refractivity contribution in [2.45, 2.75) is 26.3 Å². The Kier molecular flexibility index (Phi) is 5.02. The lowest BCUT2D eigenvalue weighted by Gasteiger charge is -2.12. The molecule has 0 saturated carbocycles. The minimum Gasteiger partial charge on any atom is -0.490 e. The molecule has 0 aromatic heterocycles. The van der Waals surface area contributed by atoms with Crippen LogP contribution in [0, 0.1) is 0 Å². The molecule has 2 rings (SSSR count). The molecule has 0 aliphatic rings. The Balaban J connectivity index is 2.13. The van der Waals surface area contributed by atoms with Crippen LogP contribution < -0.4 is 15.2 Å². The van der Waals surface area contributed by atoms with Gasteiger partial charge in [0.05, 0.1) is 6.61 Å². The summed E-state index contributed by atoms with van der Waals surface area (Å²) in [5.74, 6) is 2.28. The molecule has 1 unspecified atom stereocenters. The molecule has 0 fully saturated rings. The zero-order valence-electron chi connectivity index (χ0n) is 12.0. The summed E-state index contributed by atoms with van der Waals surface area (Å²) in [6.45, 7) is 4.73. The van der Waals surface area contributed by atoms with Gasteiger partial charge in [-0.1, -0.05) is 31.2 Å². The minimum atomic E-state index is 0.0317. The summed E-state index contributed by atoms with van der Waals surface area (Å²) in [7, 11) is 0. The maximum Gasteiger partial charge on any atom is 0.169 e. The molecule has 0 spiro atoms.